The van der Waals surface area contributed by atoms with Crippen molar-refractivity contribution in [1.29, 1.82) is 0 Å². The van der Waals surface area contributed by atoms with Crippen LogP contribution < -0.4 is 10.2 Å². The highest BCUT2D eigenvalue weighted by Gasteiger charge is 2.40. The molecule has 3 aliphatic heterocycles. The summed E-state index contributed by atoms with van der Waals surface area (Å²) in [4.78, 5) is 23.0. The number of benzene rings is 4. The first-order chi connectivity index (χ1) is 25.4. The monoisotopic (exact) mass is 724 g/mol. The molecule has 1 fully saturated rings. The fraction of sp³-hybridized carbons (Fsp3) is 0.209. The SMILES string of the molecule is CC1CC=CN2C(=C1c1ccccc1)c1c(C(=O)Nc3ccnn3C3CCN(c4ccccc4)CC3)[nH]c3cc(Cl)cc(c13)C2c1ccc(Cl)cc1. The highest BCUT2D eigenvalue weighted by atomic mass is 35.5. The predicted molar refractivity (Wildman–Crippen MR) is 212 cm³/mol. The van der Waals surface area contributed by atoms with Crippen molar-refractivity contribution in [2.45, 2.75) is 38.3 Å². The van der Waals surface area contributed by atoms with Gasteiger partial charge in [0, 0.05) is 57.6 Å². The van der Waals surface area contributed by atoms with Gasteiger partial charge in [-0.15, -0.1) is 0 Å². The molecule has 52 heavy (non-hydrogen) atoms. The van der Waals surface area contributed by atoms with Gasteiger partial charge in [-0.2, -0.15) is 5.10 Å². The lowest BCUT2D eigenvalue weighted by molar-refractivity contribution is 0.102. The molecule has 0 saturated carbocycles. The number of halogens is 2. The van der Waals surface area contributed by atoms with E-state index < -0.39 is 0 Å². The smallest absolute Gasteiger partial charge is 0.273 e. The third kappa shape index (κ3) is 5.69. The van der Waals surface area contributed by atoms with Gasteiger partial charge in [0.1, 0.15) is 11.5 Å². The van der Waals surface area contributed by atoms with Crippen LogP contribution in [0.1, 0.15) is 71.0 Å². The lowest BCUT2D eigenvalue weighted by atomic mass is 9.82. The van der Waals surface area contributed by atoms with Crippen LogP contribution in [0.5, 0.6) is 0 Å². The first-order valence-electron chi connectivity index (χ1n) is 17.9. The fourth-order valence-electron chi connectivity index (χ4n) is 8.44. The Morgan fingerprint density at radius 1 is 0.885 bits per heavy atom. The van der Waals surface area contributed by atoms with Gasteiger partial charge in [-0.3, -0.25) is 4.79 Å². The molecule has 3 aliphatic rings. The average molecular weight is 726 g/mol. The zero-order valence-corrected chi connectivity index (χ0v) is 30.3. The second-order valence-electron chi connectivity index (χ2n) is 14.0. The Morgan fingerprint density at radius 3 is 2.37 bits per heavy atom. The van der Waals surface area contributed by atoms with Crippen molar-refractivity contribution in [1.82, 2.24) is 19.7 Å². The molecule has 0 radical (unpaired) electrons. The Labute approximate surface area is 313 Å². The molecule has 9 rings (SSSR count). The number of para-hydroxylation sites is 1. The molecule has 1 saturated heterocycles. The number of aromatic nitrogens is 3. The summed E-state index contributed by atoms with van der Waals surface area (Å²) in [5.74, 6) is 0.648. The third-order valence-electron chi connectivity index (χ3n) is 10.8. The molecule has 7 nitrogen and oxygen atoms in total. The van der Waals surface area contributed by atoms with Gasteiger partial charge in [0.2, 0.25) is 0 Å². The highest BCUT2D eigenvalue weighted by Crippen LogP contribution is 2.53. The van der Waals surface area contributed by atoms with Gasteiger partial charge in [-0.05, 0) is 83.8 Å². The van der Waals surface area contributed by atoms with E-state index in [0.717, 1.165) is 71.2 Å². The molecule has 2 atom stereocenters. The first kappa shape index (κ1) is 32.7. The number of carbonyl (C=O) groups is 1. The lowest BCUT2D eigenvalue weighted by Gasteiger charge is -2.39. The van der Waals surface area contributed by atoms with Gasteiger partial charge in [0.25, 0.3) is 5.91 Å². The van der Waals surface area contributed by atoms with Crippen LogP contribution >= 0.6 is 23.2 Å². The van der Waals surface area contributed by atoms with Crippen molar-refractivity contribution in [3.05, 3.63) is 160 Å². The average Bonchev–Trinajstić information content (AvgIpc) is 3.75. The summed E-state index contributed by atoms with van der Waals surface area (Å²) in [6.45, 7) is 4.11. The van der Waals surface area contributed by atoms with Gasteiger partial charge in [-0.25, -0.2) is 4.68 Å². The molecule has 4 aromatic carbocycles. The van der Waals surface area contributed by atoms with Gasteiger partial charge < -0.3 is 20.1 Å². The number of allylic oxidation sites excluding steroid dienone is 2. The molecular formula is C43H38Cl2N6O. The van der Waals surface area contributed by atoms with E-state index in [1.54, 1.807) is 6.20 Å². The maximum atomic E-state index is 14.7. The lowest BCUT2D eigenvalue weighted by Crippen LogP contribution is -2.35. The number of carbonyl (C=O) groups excluding carboxylic acids is 1. The Bertz CT molecular complexity index is 2340. The molecule has 2 aromatic heterocycles. The van der Waals surface area contributed by atoms with Crippen molar-refractivity contribution in [2.24, 2.45) is 5.92 Å². The summed E-state index contributed by atoms with van der Waals surface area (Å²) in [6, 6.07) is 35.0. The van der Waals surface area contributed by atoms with Crippen LogP contribution in [0.25, 0.3) is 22.2 Å². The van der Waals surface area contributed by atoms with Crippen LogP contribution in [0.4, 0.5) is 11.5 Å². The van der Waals surface area contributed by atoms with Crippen molar-refractivity contribution in [3.8, 4) is 0 Å². The highest BCUT2D eigenvalue weighted by molar-refractivity contribution is 6.32. The number of fused-ring (bicyclic) bond motifs is 2. The van der Waals surface area contributed by atoms with Crippen LogP contribution in [0, 0.1) is 5.92 Å². The van der Waals surface area contributed by atoms with Crippen molar-refractivity contribution in [2.75, 3.05) is 23.3 Å². The summed E-state index contributed by atoms with van der Waals surface area (Å²) in [7, 11) is 0. The van der Waals surface area contributed by atoms with E-state index in [0.29, 0.717) is 21.6 Å². The Balaban J connectivity index is 1.16. The number of rotatable bonds is 6. The minimum absolute atomic E-state index is 0.174. The zero-order valence-electron chi connectivity index (χ0n) is 28.8. The standard InChI is InChI=1S/C43H38Cl2N6O/c1-27-9-8-22-50-41(29-14-16-30(44)17-15-29)34-25-31(45)26-35-38(34)39(42(50)37(27)28-10-4-2-5-11-28)40(47-35)43(52)48-36-18-21-46-51(36)33-19-23-49(24-20-33)32-12-6-3-7-13-32/h2-8,10-18,21-22,25-27,33,41,47H,9,19-20,23-24H2,1H3,(H,48,52). The molecule has 6 aromatic rings. The quantitative estimate of drug-likeness (QED) is 0.179. The molecule has 2 N–H and O–H groups in total. The normalized spacial score (nSPS) is 18.8. The molecule has 0 bridgehead atoms. The molecule has 9 heteroatoms. The van der Waals surface area contributed by atoms with Crippen LogP contribution in [0.3, 0.4) is 0 Å². The number of H-pyrrole nitrogens is 1. The second-order valence-corrected chi connectivity index (χ2v) is 14.8. The summed E-state index contributed by atoms with van der Waals surface area (Å²) >= 11 is 13.3. The molecule has 0 aliphatic carbocycles. The van der Waals surface area contributed by atoms with Gasteiger partial charge in [0.05, 0.1) is 24.0 Å². The second kappa shape index (κ2) is 13.4. The van der Waals surface area contributed by atoms with Gasteiger partial charge in [0.15, 0.2) is 0 Å². The number of nitrogens with one attached hydrogen (secondary N) is 2. The Morgan fingerprint density at radius 2 is 1.62 bits per heavy atom. The van der Waals surface area contributed by atoms with Crippen molar-refractivity contribution in [3.63, 3.8) is 0 Å². The summed E-state index contributed by atoms with van der Waals surface area (Å²) in [5.41, 5.74) is 8.88. The molecule has 2 unspecified atom stereocenters. The number of nitrogens with zero attached hydrogens (tertiary/aromatic N) is 4. The number of piperidine rings is 1. The number of amides is 1. The number of hydrogen-bond acceptors (Lipinski definition) is 4. The Hall–Kier alpha value is -5.24. The van der Waals surface area contributed by atoms with E-state index in [-0.39, 0.29) is 23.9 Å². The van der Waals surface area contributed by atoms with Gasteiger partial charge >= 0.3 is 0 Å². The van der Waals surface area contributed by atoms with Crippen LogP contribution in [-0.4, -0.2) is 38.7 Å². The molecule has 0 spiro atoms. The van der Waals surface area contributed by atoms with Crippen molar-refractivity contribution < 1.29 is 4.79 Å². The predicted octanol–water partition coefficient (Wildman–Crippen LogP) is 10.6. The van der Waals surface area contributed by atoms with E-state index >= 15 is 0 Å². The van der Waals surface area contributed by atoms with E-state index in [1.165, 1.54) is 11.3 Å². The number of aromatic amines is 1. The maximum absolute atomic E-state index is 14.7. The maximum Gasteiger partial charge on any atom is 0.273 e. The minimum atomic E-state index is -0.220. The first-order valence-corrected chi connectivity index (χ1v) is 18.7. The molecule has 1 amide bonds. The summed E-state index contributed by atoms with van der Waals surface area (Å²) in [5, 5.41) is 10.3. The van der Waals surface area contributed by atoms with E-state index in [4.69, 9.17) is 28.3 Å². The van der Waals surface area contributed by atoms with E-state index in [9.17, 15) is 4.79 Å². The molecule has 5 heterocycles. The summed E-state index contributed by atoms with van der Waals surface area (Å²) in [6.07, 6.45) is 8.91. The fourth-order valence-corrected chi connectivity index (χ4v) is 8.79. The molecule has 260 valence electrons. The van der Waals surface area contributed by atoms with E-state index in [1.807, 2.05) is 47.1 Å². The zero-order chi connectivity index (χ0) is 35.3. The minimum Gasteiger partial charge on any atom is -0.371 e. The number of hydrogen-bond donors (Lipinski definition) is 2. The van der Waals surface area contributed by atoms with Crippen LogP contribution in [0.15, 0.2) is 122 Å². The van der Waals surface area contributed by atoms with Crippen LogP contribution in [0.2, 0.25) is 10.0 Å². The largest absolute Gasteiger partial charge is 0.371 e. The van der Waals surface area contributed by atoms with E-state index in [2.05, 4.69) is 100.0 Å². The Kier molecular flexibility index (Phi) is 8.41. The van der Waals surface area contributed by atoms with Crippen molar-refractivity contribution >= 4 is 62.8 Å². The van der Waals surface area contributed by atoms with Crippen LogP contribution in [-0.2, 0) is 0 Å². The molecular weight excluding hydrogens is 687 g/mol. The number of anilines is 2. The van der Waals surface area contributed by atoms with Gasteiger partial charge in [-0.1, -0.05) is 96.9 Å². The third-order valence-corrected chi connectivity index (χ3v) is 11.3. The topological polar surface area (TPSA) is 69.2 Å². The summed E-state index contributed by atoms with van der Waals surface area (Å²) < 4.78 is 1.99.